The highest BCUT2D eigenvalue weighted by Gasteiger charge is 2.21. The molecule has 0 spiro atoms. The summed E-state index contributed by atoms with van der Waals surface area (Å²) in [5.74, 6) is 0.877. The van der Waals surface area contributed by atoms with E-state index in [-0.39, 0.29) is 24.0 Å². The molecule has 7 heteroatoms. The summed E-state index contributed by atoms with van der Waals surface area (Å²) in [5, 5.41) is 6.88. The number of hydrogen-bond donors (Lipinski definition) is 2. The van der Waals surface area contributed by atoms with Gasteiger partial charge in [-0.25, -0.2) is 0 Å². The number of nitrogens with one attached hydrogen (secondary N) is 2. The van der Waals surface area contributed by atoms with Crippen LogP contribution in [-0.4, -0.2) is 43.1 Å². The molecular weight excluding hydrogens is 431 g/mol. The molecule has 0 aromatic carbocycles. The summed E-state index contributed by atoms with van der Waals surface area (Å²) < 4.78 is 0.829. The van der Waals surface area contributed by atoms with Crippen molar-refractivity contribution in [3.05, 3.63) is 21.3 Å². The zero-order valence-corrected chi connectivity index (χ0v) is 17.3. The first-order chi connectivity index (χ1) is 10.1. The first-order valence-electron chi connectivity index (χ1n) is 7.54. The normalized spacial score (nSPS) is 17.4. The summed E-state index contributed by atoms with van der Waals surface area (Å²) in [6.07, 6.45) is 2.34. The van der Waals surface area contributed by atoms with Gasteiger partial charge in [-0.3, -0.25) is 4.99 Å². The summed E-state index contributed by atoms with van der Waals surface area (Å²) in [6.45, 7) is 7.61. The van der Waals surface area contributed by atoms with E-state index in [1.165, 1.54) is 17.7 Å². The Hall–Kier alpha value is -0.0500. The Morgan fingerprint density at radius 1 is 1.41 bits per heavy atom. The number of guanidine groups is 1. The molecule has 2 rings (SSSR count). The minimum absolute atomic E-state index is 0. The third-order valence-electron chi connectivity index (χ3n) is 3.88. The number of aliphatic imine (C=N–C) groups is 1. The van der Waals surface area contributed by atoms with Gasteiger partial charge >= 0.3 is 0 Å². The fourth-order valence-corrected chi connectivity index (χ4v) is 3.59. The molecule has 1 aliphatic heterocycles. The van der Waals surface area contributed by atoms with Crippen LogP contribution in [0.15, 0.2) is 17.1 Å². The number of halogens is 2. The van der Waals surface area contributed by atoms with Gasteiger partial charge in [0.05, 0.1) is 10.9 Å². The van der Waals surface area contributed by atoms with Crippen LogP contribution in [0.2, 0.25) is 4.34 Å². The number of likely N-dealkylation sites (tertiary alicyclic amines) is 1. The van der Waals surface area contributed by atoms with Crippen LogP contribution >= 0.6 is 46.9 Å². The van der Waals surface area contributed by atoms with E-state index >= 15 is 0 Å². The summed E-state index contributed by atoms with van der Waals surface area (Å²) in [5.41, 5.74) is 0. The highest BCUT2D eigenvalue weighted by atomic mass is 127. The molecular formula is C15H26ClIN4S. The van der Waals surface area contributed by atoms with Crippen molar-refractivity contribution in [1.29, 1.82) is 0 Å². The third-order valence-corrected chi connectivity index (χ3v) is 5.11. The fraction of sp³-hybridized carbons (Fsp3) is 0.667. The molecule has 1 saturated heterocycles. The van der Waals surface area contributed by atoms with Gasteiger partial charge in [0, 0.05) is 37.1 Å². The van der Waals surface area contributed by atoms with Gasteiger partial charge in [0.15, 0.2) is 5.96 Å². The average molecular weight is 457 g/mol. The van der Waals surface area contributed by atoms with Gasteiger partial charge in [0.2, 0.25) is 0 Å². The molecule has 1 aliphatic rings. The van der Waals surface area contributed by atoms with Gasteiger partial charge in [-0.1, -0.05) is 11.6 Å². The lowest BCUT2D eigenvalue weighted by Crippen LogP contribution is -2.49. The second-order valence-electron chi connectivity index (χ2n) is 5.68. The monoisotopic (exact) mass is 456 g/mol. The van der Waals surface area contributed by atoms with E-state index < -0.39 is 0 Å². The minimum Gasteiger partial charge on any atom is -0.354 e. The second-order valence-corrected chi connectivity index (χ2v) is 7.48. The Morgan fingerprint density at radius 2 is 2.09 bits per heavy atom. The van der Waals surface area contributed by atoms with Crippen LogP contribution in [0, 0.1) is 0 Å². The standard InChI is InChI=1S/C15H25ClN4S.HI/c1-11(2)20-8-6-12(7-9-20)19-15(17-3)18-10-13-4-5-14(16)21-13;/h4-5,11-12H,6-10H2,1-3H3,(H2,17,18,19);1H. The van der Waals surface area contributed by atoms with Gasteiger partial charge in [-0.2, -0.15) is 0 Å². The molecule has 0 aliphatic carbocycles. The van der Waals surface area contributed by atoms with E-state index in [1.807, 2.05) is 13.1 Å². The molecule has 126 valence electrons. The third kappa shape index (κ3) is 6.22. The topological polar surface area (TPSA) is 39.7 Å². The molecule has 0 bridgehead atoms. The summed E-state index contributed by atoms with van der Waals surface area (Å²) in [7, 11) is 1.82. The molecule has 1 aromatic rings. The number of rotatable bonds is 4. The molecule has 4 nitrogen and oxygen atoms in total. The molecule has 0 saturated carbocycles. The van der Waals surface area contributed by atoms with Crippen molar-refractivity contribution >= 4 is 52.9 Å². The van der Waals surface area contributed by atoms with Crippen LogP contribution in [0.3, 0.4) is 0 Å². The van der Waals surface area contributed by atoms with Crippen LogP contribution in [0.5, 0.6) is 0 Å². The molecule has 0 unspecified atom stereocenters. The predicted octanol–water partition coefficient (Wildman–Crippen LogP) is 3.56. The van der Waals surface area contributed by atoms with Crippen molar-refractivity contribution in [2.24, 2.45) is 4.99 Å². The molecule has 1 aromatic heterocycles. The molecule has 2 N–H and O–H groups in total. The fourth-order valence-electron chi connectivity index (χ4n) is 2.57. The van der Waals surface area contributed by atoms with E-state index in [9.17, 15) is 0 Å². The summed E-state index contributed by atoms with van der Waals surface area (Å²) in [6, 6.07) is 5.14. The first-order valence-corrected chi connectivity index (χ1v) is 8.73. The van der Waals surface area contributed by atoms with E-state index in [4.69, 9.17) is 11.6 Å². The largest absolute Gasteiger partial charge is 0.354 e. The Balaban J connectivity index is 0.00000242. The van der Waals surface area contributed by atoms with Crippen LogP contribution in [0.25, 0.3) is 0 Å². The van der Waals surface area contributed by atoms with Crippen molar-refractivity contribution in [2.75, 3.05) is 20.1 Å². The van der Waals surface area contributed by atoms with Crippen molar-refractivity contribution in [3.63, 3.8) is 0 Å². The zero-order valence-electron chi connectivity index (χ0n) is 13.4. The molecule has 2 heterocycles. The SMILES string of the molecule is CN=C(NCc1ccc(Cl)s1)NC1CCN(C(C)C)CC1.I. The Bertz CT molecular complexity index is 470. The Labute approximate surface area is 159 Å². The average Bonchev–Trinajstić information content (AvgIpc) is 2.89. The lowest BCUT2D eigenvalue weighted by molar-refractivity contribution is 0.167. The molecule has 22 heavy (non-hydrogen) atoms. The van der Waals surface area contributed by atoms with Crippen molar-refractivity contribution in [3.8, 4) is 0 Å². The maximum atomic E-state index is 5.94. The number of hydrogen-bond acceptors (Lipinski definition) is 3. The van der Waals surface area contributed by atoms with Crippen molar-refractivity contribution < 1.29 is 0 Å². The lowest BCUT2D eigenvalue weighted by atomic mass is 10.0. The predicted molar refractivity (Wildman–Crippen MR) is 108 cm³/mol. The van der Waals surface area contributed by atoms with Gasteiger partial charge in [-0.05, 0) is 38.8 Å². The Kier molecular flexibility index (Phi) is 9.04. The smallest absolute Gasteiger partial charge is 0.191 e. The van der Waals surface area contributed by atoms with Gasteiger partial charge in [-0.15, -0.1) is 35.3 Å². The molecule has 0 radical (unpaired) electrons. The second kappa shape index (κ2) is 9.95. The van der Waals surface area contributed by atoms with Crippen LogP contribution in [-0.2, 0) is 6.54 Å². The van der Waals surface area contributed by atoms with Crippen LogP contribution in [0.4, 0.5) is 0 Å². The highest BCUT2D eigenvalue weighted by Crippen LogP contribution is 2.21. The summed E-state index contributed by atoms with van der Waals surface area (Å²) in [4.78, 5) is 8.06. The van der Waals surface area contributed by atoms with Crippen LogP contribution < -0.4 is 10.6 Å². The van der Waals surface area contributed by atoms with Gasteiger partial charge < -0.3 is 15.5 Å². The highest BCUT2D eigenvalue weighted by molar-refractivity contribution is 14.0. The zero-order chi connectivity index (χ0) is 15.2. The number of thiophene rings is 1. The minimum atomic E-state index is 0. The van der Waals surface area contributed by atoms with Crippen molar-refractivity contribution in [2.45, 2.75) is 45.3 Å². The van der Waals surface area contributed by atoms with Gasteiger partial charge in [0.25, 0.3) is 0 Å². The van der Waals surface area contributed by atoms with Gasteiger partial charge in [0.1, 0.15) is 0 Å². The van der Waals surface area contributed by atoms with E-state index in [0.717, 1.165) is 29.9 Å². The first kappa shape index (κ1) is 20.0. The van der Waals surface area contributed by atoms with E-state index in [1.54, 1.807) is 11.3 Å². The van der Waals surface area contributed by atoms with E-state index in [2.05, 4.69) is 40.4 Å². The van der Waals surface area contributed by atoms with E-state index in [0.29, 0.717) is 12.1 Å². The maximum Gasteiger partial charge on any atom is 0.191 e. The lowest BCUT2D eigenvalue weighted by Gasteiger charge is -2.35. The Morgan fingerprint density at radius 3 is 2.59 bits per heavy atom. The maximum absolute atomic E-state index is 5.94. The molecule has 1 fully saturated rings. The molecule has 0 atom stereocenters. The number of nitrogens with zero attached hydrogens (tertiary/aromatic N) is 2. The van der Waals surface area contributed by atoms with Crippen molar-refractivity contribution in [1.82, 2.24) is 15.5 Å². The summed E-state index contributed by atoms with van der Waals surface area (Å²) >= 11 is 7.55. The quantitative estimate of drug-likeness (QED) is 0.413. The number of piperidine rings is 1. The molecule has 0 amide bonds. The van der Waals surface area contributed by atoms with Crippen LogP contribution in [0.1, 0.15) is 31.6 Å².